The molecule has 0 fully saturated rings. The summed E-state index contributed by atoms with van der Waals surface area (Å²) in [7, 11) is 3.60. The third-order valence-electron chi connectivity index (χ3n) is 2.52. The van der Waals surface area contributed by atoms with Crippen LogP contribution in [0.15, 0.2) is 24.3 Å². The highest BCUT2D eigenvalue weighted by Gasteiger charge is 2.07. The van der Waals surface area contributed by atoms with Crippen LogP contribution in [0.2, 0.25) is 0 Å². The topological polar surface area (TPSA) is 41.6 Å². The van der Waals surface area contributed by atoms with E-state index in [9.17, 15) is 9.18 Å². The van der Waals surface area contributed by atoms with Gasteiger partial charge in [0.25, 0.3) is 0 Å². The fourth-order valence-electron chi connectivity index (χ4n) is 1.38. The number of benzene rings is 1. The average molecular weight is 291 g/mol. The van der Waals surface area contributed by atoms with Crippen molar-refractivity contribution in [3.05, 3.63) is 30.1 Å². The summed E-state index contributed by atoms with van der Waals surface area (Å²) in [6.07, 6.45) is 0.317. The van der Waals surface area contributed by atoms with Gasteiger partial charge in [-0.3, -0.25) is 4.79 Å². The number of rotatable bonds is 7. The van der Waals surface area contributed by atoms with Crippen molar-refractivity contribution in [2.45, 2.75) is 6.42 Å². The fraction of sp³-hybridized carbons (Fsp3) is 0.462. The van der Waals surface area contributed by atoms with Crippen LogP contribution in [-0.2, 0) is 4.79 Å². The molecule has 0 aliphatic carbocycles. The van der Waals surface area contributed by atoms with E-state index in [-0.39, 0.29) is 24.1 Å². The lowest BCUT2D eigenvalue weighted by Crippen LogP contribution is -2.33. The summed E-state index contributed by atoms with van der Waals surface area (Å²) < 4.78 is 18.0. The number of carbonyl (C=O) groups excluding carboxylic acids is 1. The molecule has 1 rings (SSSR count). The summed E-state index contributed by atoms with van der Waals surface area (Å²) in [5, 5.41) is 2.98. The molecule has 0 aromatic heterocycles. The molecule has 1 amide bonds. The SMILES string of the molecule is CNCCN(C)C(=O)CCOc1ccc(F)cc1.Cl. The Labute approximate surface area is 119 Å². The first-order valence-electron chi connectivity index (χ1n) is 5.90. The molecule has 0 bridgehead atoms. The predicted octanol–water partition coefficient (Wildman–Crippen LogP) is 1.69. The zero-order valence-corrected chi connectivity index (χ0v) is 12.0. The van der Waals surface area contributed by atoms with E-state index in [1.807, 2.05) is 7.05 Å². The van der Waals surface area contributed by atoms with Crippen LogP contribution >= 0.6 is 12.4 Å². The fourth-order valence-corrected chi connectivity index (χ4v) is 1.38. The monoisotopic (exact) mass is 290 g/mol. The summed E-state index contributed by atoms with van der Waals surface area (Å²) >= 11 is 0. The molecular formula is C13H20ClFN2O2. The number of ether oxygens (including phenoxy) is 1. The highest BCUT2D eigenvalue weighted by atomic mass is 35.5. The van der Waals surface area contributed by atoms with Crippen LogP contribution in [0.4, 0.5) is 4.39 Å². The van der Waals surface area contributed by atoms with E-state index >= 15 is 0 Å². The van der Waals surface area contributed by atoms with Crippen molar-refractivity contribution in [2.75, 3.05) is 33.8 Å². The molecule has 1 N–H and O–H groups in total. The summed E-state index contributed by atoms with van der Waals surface area (Å²) in [6.45, 7) is 1.74. The van der Waals surface area contributed by atoms with E-state index in [0.29, 0.717) is 25.3 Å². The van der Waals surface area contributed by atoms with E-state index in [1.54, 1.807) is 24.1 Å². The molecule has 108 valence electrons. The molecule has 0 aliphatic rings. The second kappa shape index (κ2) is 9.58. The first kappa shape index (κ1) is 17.7. The zero-order valence-electron chi connectivity index (χ0n) is 11.2. The maximum absolute atomic E-state index is 12.6. The highest BCUT2D eigenvalue weighted by Crippen LogP contribution is 2.11. The van der Waals surface area contributed by atoms with Crippen molar-refractivity contribution < 1.29 is 13.9 Å². The van der Waals surface area contributed by atoms with Gasteiger partial charge in [0.15, 0.2) is 0 Å². The maximum atomic E-state index is 12.6. The third-order valence-corrected chi connectivity index (χ3v) is 2.52. The average Bonchev–Trinajstić information content (AvgIpc) is 2.38. The maximum Gasteiger partial charge on any atom is 0.225 e. The van der Waals surface area contributed by atoms with Gasteiger partial charge in [-0.15, -0.1) is 12.4 Å². The Morgan fingerprint density at radius 1 is 1.37 bits per heavy atom. The Balaban J connectivity index is 0.00000324. The molecule has 1 aromatic rings. The number of carbonyl (C=O) groups is 1. The Morgan fingerprint density at radius 2 is 2.00 bits per heavy atom. The number of nitrogens with zero attached hydrogens (tertiary/aromatic N) is 1. The molecular weight excluding hydrogens is 271 g/mol. The lowest BCUT2D eigenvalue weighted by Gasteiger charge is -2.16. The lowest BCUT2D eigenvalue weighted by atomic mass is 10.3. The Kier molecular flexibility index (Phi) is 8.91. The van der Waals surface area contributed by atoms with Gasteiger partial charge in [-0.05, 0) is 31.3 Å². The summed E-state index contributed by atoms with van der Waals surface area (Å²) in [5.74, 6) is 0.305. The zero-order chi connectivity index (χ0) is 13.4. The van der Waals surface area contributed by atoms with Crippen LogP contribution in [-0.4, -0.2) is 44.6 Å². The molecule has 0 saturated heterocycles. The van der Waals surface area contributed by atoms with Crippen LogP contribution in [0.25, 0.3) is 0 Å². The van der Waals surface area contributed by atoms with E-state index in [2.05, 4.69) is 5.32 Å². The molecule has 19 heavy (non-hydrogen) atoms. The normalized spacial score (nSPS) is 9.63. The van der Waals surface area contributed by atoms with Crippen molar-refractivity contribution in [3.8, 4) is 5.75 Å². The first-order valence-corrected chi connectivity index (χ1v) is 5.90. The van der Waals surface area contributed by atoms with Gasteiger partial charge in [0.2, 0.25) is 5.91 Å². The van der Waals surface area contributed by atoms with Crippen LogP contribution in [0.5, 0.6) is 5.75 Å². The number of hydrogen-bond donors (Lipinski definition) is 1. The minimum absolute atomic E-state index is 0. The lowest BCUT2D eigenvalue weighted by molar-refractivity contribution is -0.130. The summed E-state index contributed by atoms with van der Waals surface area (Å²) in [5.41, 5.74) is 0. The van der Waals surface area contributed by atoms with Crippen molar-refractivity contribution in [3.63, 3.8) is 0 Å². The van der Waals surface area contributed by atoms with E-state index in [4.69, 9.17) is 4.74 Å². The molecule has 1 aromatic carbocycles. The standard InChI is InChI=1S/C13H19FN2O2.ClH/c1-15-8-9-16(2)13(17)7-10-18-12-5-3-11(14)4-6-12;/h3-6,15H,7-10H2,1-2H3;1H. The molecule has 0 saturated carbocycles. The quantitative estimate of drug-likeness (QED) is 0.831. The number of amides is 1. The van der Waals surface area contributed by atoms with Gasteiger partial charge in [-0.1, -0.05) is 0 Å². The molecule has 0 unspecified atom stereocenters. The van der Waals surface area contributed by atoms with Crippen LogP contribution < -0.4 is 10.1 Å². The van der Waals surface area contributed by atoms with Crippen LogP contribution in [0, 0.1) is 5.82 Å². The van der Waals surface area contributed by atoms with Gasteiger partial charge in [-0.25, -0.2) is 4.39 Å². The third kappa shape index (κ3) is 6.98. The van der Waals surface area contributed by atoms with Gasteiger partial charge >= 0.3 is 0 Å². The predicted molar refractivity (Wildman–Crippen MR) is 75.3 cm³/mol. The van der Waals surface area contributed by atoms with E-state index in [0.717, 1.165) is 6.54 Å². The van der Waals surface area contributed by atoms with Crippen molar-refractivity contribution in [1.29, 1.82) is 0 Å². The van der Waals surface area contributed by atoms with Crippen molar-refractivity contribution in [1.82, 2.24) is 10.2 Å². The van der Waals surface area contributed by atoms with Gasteiger partial charge in [0.1, 0.15) is 11.6 Å². The number of nitrogens with one attached hydrogen (secondary N) is 1. The number of hydrogen-bond acceptors (Lipinski definition) is 3. The van der Waals surface area contributed by atoms with Crippen LogP contribution in [0.3, 0.4) is 0 Å². The minimum atomic E-state index is -0.301. The largest absolute Gasteiger partial charge is 0.493 e. The second-order valence-electron chi connectivity index (χ2n) is 3.97. The second-order valence-corrected chi connectivity index (χ2v) is 3.97. The van der Waals surface area contributed by atoms with Crippen molar-refractivity contribution in [2.24, 2.45) is 0 Å². The van der Waals surface area contributed by atoms with Gasteiger partial charge in [-0.2, -0.15) is 0 Å². The summed E-state index contributed by atoms with van der Waals surface area (Å²) in [4.78, 5) is 13.3. The number of likely N-dealkylation sites (N-methyl/N-ethyl adjacent to an activating group) is 2. The molecule has 6 heteroatoms. The Morgan fingerprint density at radius 3 is 2.58 bits per heavy atom. The van der Waals surface area contributed by atoms with Gasteiger partial charge < -0.3 is 15.0 Å². The van der Waals surface area contributed by atoms with Crippen molar-refractivity contribution >= 4 is 18.3 Å². The molecule has 4 nitrogen and oxygen atoms in total. The Hall–Kier alpha value is -1.33. The first-order chi connectivity index (χ1) is 8.63. The molecule has 0 heterocycles. The van der Waals surface area contributed by atoms with Gasteiger partial charge in [0.05, 0.1) is 13.0 Å². The number of halogens is 2. The highest BCUT2D eigenvalue weighted by molar-refractivity contribution is 5.85. The summed E-state index contributed by atoms with van der Waals surface area (Å²) in [6, 6.07) is 5.75. The molecule has 0 radical (unpaired) electrons. The Bertz CT molecular complexity index is 373. The van der Waals surface area contributed by atoms with E-state index in [1.165, 1.54) is 12.1 Å². The molecule has 0 atom stereocenters. The minimum Gasteiger partial charge on any atom is -0.493 e. The van der Waals surface area contributed by atoms with Gasteiger partial charge in [0, 0.05) is 20.1 Å². The van der Waals surface area contributed by atoms with E-state index < -0.39 is 0 Å². The molecule has 0 aliphatic heterocycles. The van der Waals surface area contributed by atoms with Crippen LogP contribution in [0.1, 0.15) is 6.42 Å². The molecule has 0 spiro atoms. The smallest absolute Gasteiger partial charge is 0.225 e.